The van der Waals surface area contributed by atoms with Gasteiger partial charge < -0.3 is 24.3 Å². The van der Waals surface area contributed by atoms with Gasteiger partial charge in [0.15, 0.2) is 11.5 Å². The lowest BCUT2D eigenvalue weighted by molar-refractivity contribution is -0.116. The maximum absolute atomic E-state index is 12.9. The van der Waals surface area contributed by atoms with Crippen molar-refractivity contribution in [3.63, 3.8) is 0 Å². The summed E-state index contributed by atoms with van der Waals surface area (Å²) >= 11 is 0. The minimum absolute atomic E-state index is 0.0968. The van der Waals surface area contributed by atoms with E-state index in [1.807, 2.05) is 6.92 Å². The number of hydrogen-bond donors (Lipinski definition) is 1. The number of anilines is 1. The largest absolute Gasteiger partial charge is 0.493 e. The highest BCUT2D eigenvalue weighted by atomic mass is 32.2. The van der Waals surface area contributed by atoms with Crippen molar-refractivity contribution in [2.45, 2.75) is 38.5 Å². The van der Waals surface area contributed by atoms with E-state index in [9.17, 15) is 13.2 Å². The summed E-state index contributed by atoms with van der Waals surface area (Å²) in [7, 11) is 0.904. The van der Waals surface area contributed by atoms with Crippen molar-refractivity contribution in [2.24, 2.45) is 0 Å². The van der Waals surface area contributed by atoms with Crippen LogP contribution in [-0.2, 0) is 21.2 Å². The highest BCUT2D eigenvalue weighted by Gasteiger charge is 2.23. The fraction of sp³-hybridized carbons (Fsp3) is 0.458. The van der Waals surface area contributed by atoms with Crippen LogP contribution in [0.3, 0.4) is 0 Å². The van der Waals surface area contributed by atoms with Gasteiger partial charge in [-0.25, -0.2) is 8.42 Å². The molecule has 0 saturated heterocycles. The molecule has 0 atom stereocenters. The number of sulfonamides is 1. The molecule has 2 aromatic rings. The molecule has 34 heavy (non-hydrogen) atoms. The van der Waals surface area contributed by atoms with Crippen LogP contribution in [0.5, 0.6) is 23.0 Å². The third-order valence-electron chi connectivity index (χ3n) is 5.23. The summed E-state index contributed by atoms with van der Waals surface area (Å²) in [5.74, 6) is 1.61. The molecule has 188 valence electrons. The lowest BCUT2D eigenvalue weighted by Gasteiger charge is -2.20. The summed E-state index contributed by atoms with van der Waals surface area (Å²) in [6.45, 7) is 6.45. The molecular formula is C24H34N2O7S. The van der Waals surface area contributed by atoms with Gasteiger partial charge in [-0.15, -0.1) is 0 Å². The average molecular weight is 495 g/mol. The molecule has 9 nitrogen and oxygen atoms in total. The minimum atomic E-state index is -3.68. The van der Waals surface area contributed by atoms with Crippen LogP contribution < -0.4 is 24.3 Å². The van der Waals surface area contributed by atoms with Crippen molar-refractivity contribution in [2.75, 3.05) is 46.3 Å². The number of methoxy groups -OCH3 is 3. The van der Waals surface area contributed by atoms with Crippen LogP contribution in [0.15, 0.2) is 35.2 Å². The number of nitrogens with zero attached hydrogens (tertiary/aromatic N) is 1. The van der Waals surface area contributed by atoms with E-state index >= 15 is 0 Å². The van der Waals surface area contributed by atoms with E-state index in [1.165, 1.54) is 37.8 Å². The van der Waals surface area contributed by atoms with Gasteiger partial charge in [0.25, 0.3) is 0 Å². The molecule has 0 aliphatic heterocycles. The van der Waals surface area contributed by atoms with E-state index < -0.39 is 10.0 Å². The second-order valence-corrected chi connectivity index (χ2v) is 9.20. The van der Waals surface area contributed by atoms with Gasteiger partial charge in [0.05, 0.1) is 38.5 Å². The molecule has 0 spiro atoms. The summed E-state index contributed by atoms with van der Waals surface area (Å²) in [5, 5.41) is 2.80. The maximum atomic E-state index is 12.9. The zero-order valence-corrected chi connectivity index (χ0v) is 21.5. The molecule has 0 aliphatic carbocycles. The highest BCUT2D eigenvalue weighted by Crippen LogP contribution is 2.38. The Bertz CT molecular complexity index is 1060. The Morgan fingerprint density at radius 2 is 1.53 bits per heavy atom. The zero-order valence-electron chi connectivity index (χ0n) is 20.6. The molecule has 1 N–H and O–H groups in total. The van der Waals surface area contributed by atoms with Crippen molar-refractivity contribution in [1.82, 2.24) is 4.31 Å². The SMILES string of the molecule is CCOc1ccc(S(=O)(=O)N(CC)CC)cc1NC(=O)CCc1cc(OC)c(OC)c(OC)c1. The number of carbonyl (C=O) groups excluding carboxylic acids is 1. The molecule has 0 unspecified atom stereocenters. The van der Waals surface area contributed by atoms with Gasteiger partial charge in [0.2, 0.25) is 21.7 Å². The van der Waals surface area contributed by atoms with E-state index in [-0.39, 0.29) is 17.2 Å². The fourth-order valence-corrected chi connectivity index (χ4v) is 5.00. The van der Waals surface area contributed by atoms with E-state index in [2.05, 4.69) is 5.32 Å². The van der Waals surface area contributed by atoms with Gasteiger partial charge >= 0.3 is 0 Å². The normalized spacial score (nSPS) is 11.3. The first kappa shape index (κ1) is 27.3. The Labute approximate surface area is 202 Å². The number of amides is 1. The molecular weight excluding hydrogens is 460 g/mol. The topological polar surface area (TPSA) is 103 Å². The van der Waals surface area contributed by atoms with Crippen molar-refractivity contribution in [3.05, 3.63) is 35.9 Å². The Morgan fingerprint density at radius 3 is 2.03 bits per heavy atom. The van der Waals surface area contributed by atoms with Crippen molar-refractivity contribution < 1.29 is 32.2 Å². The molecule has 0 heterocycles. The number of carbonyl (C=O) groups is 1. The Hall–Kier alpha value is -2.98. The van der Waals surface area contributed by atoms with Crippen LogP contribution in [0, 0.1) is 0 Å². The smallest absolute Gasteiger partial charge is 0.243 e. The molecule has 2 aromatic carbocycles. The van der Waals surface area contributed by atoms with Crippen LogP contribution in [0.4, 0.5) is 5.69 Å². The van der Waals surface area contributed by atoms with Gasteiger partial charge in [0, 0.05) is 19.5 Å². The van der Waals surface area contributed by atoms with Gasteiger partial charge in [-0.3, -0.25) is 4.79 Å². The second kappa shape index (κ2) is 12.5. The van der Waals surface area contributed by atoms with Crippen LogP contribution in [0.1, 0.15) is 32.8 Å². The third-order valence-corrected chi connectivity index (χ3v) is 7.28. The first-order valence-corrected chi connectivity index (χ1v) is 12.5. The predicted molar refractivity (Wildman–Crippen MR) is 131 cm³/mol. The first-order chi connectivity index (χ1) is 16.2. The summed E-state index contributed by atoms with van der Waals surface area (Å²) in [6.07, 6.45) is 0.557. The summed E-state index contributed by atoms with van der Waals surface area (Å²) < 4.78 is 48.9. The third kappa shape index (κ3) is 6.32. The standard InChI is InChI=1S/C24H34N2O7S/c1-7-26(8-2)34(28,29)18-11-12-20(33-9-3)19(16-18)25-23(27)13-10-17-14-21(30-4)24(32-6)22(15-17)31-5/h11-12,14-16H,7-10,13H2,1-6H3,(H,25,27). The van der Waals surface area contributed by atoms with Gasteiger partial charge in [-0.1, -0.05) is 13.8 Å². The molecule has 1 amide bonds. The van der Waals surface area contributed by atoms with E-state index in [0.29, 0.717) is 54.8 Å². The lowest BCUT2D eigenvalue weighted by Crippen LogP contribution is -2.30. The van der Waals surface area contributed by atoms with Crippen LogP contribution in [0.25, 0.3) is 0 Å². The average Bonchev–Trinajstić information content (AvgIpc) is 2.83. The Kier molecular flexibility index (Phi) is 10.0. The van der Waals surface area contributed by atoms with Gasteiger partial charge in [-0.2, -0.15) is 4.31 Å². The Balaban J connectivity index is 2.25. The number of benzene rings is 2. The maximum Gasteiger partial charge on any atom is 0.243 e. The summed E-state index contributed by atoms with van der Waals surface area (Å²) in [4.78, 5) is 12.9. The van der Waals surface area contributed by atoms with Crippen LogP contribution in [0.2, 0.25) is 0 Å². The van der Waals surface area contributed by atoms with E-state index in [4.69, 9.17) is 18.9 Å². The molecule has 0 saturated carbocycles. The van der Waals surface area contributed by atoms with E-state index in [0.717, 1.165) is 5.56 Å². The molecule has 2 rings (SSSR count). The number of hydrogen-bond acceptors (Lipinski definition) is 7. The van der Waals surface area contributed by atoms with Gasteiger partial charge in [-0.05, 0) is 49.2 Å². The molecule has 0 aromatic heterocycles. The highest BCUT2D eigenvalue weighted by molar-refractivity contribution is 7.89. The molecule has 0 aliphatic rings. The number of nitrogens with one attached hydrogen (secondary N) is 1. The molecule has 0 bridgehead atoms. The first-order valence-electron chi connectivity index (χ1n) is 11.1. The quantitative estimate of drug-likeness (QED) is 0.453. The number of ether oxygens (including phenoxy) is 4. The van der Waals surface area contributed by atoms with Crippen molar-refractivity contribution in [1.29, 1.82) is 0 Å². The summed E-state index contributed by atoms with van der Waals surface area (Å²) in [5.41, 5.74) is 1.14. The second-order valence-electron chi connectivity index (χ2n) is 7.26. The predicted octanol–water partition coefficient (Wildman–Crippen LogP) is 3.71. The van der Waals surface area contributed by atoms with Crippen LogP contribution >= 0.6 is 0 Å². The van der Waals surface area contributed by atoms with Gasteiger partial charge in [0.1, 0.15) is 5.75 Å². The molecule has 0 fully saturated rings. The van der Waals surface area contributed by atoms with Crippen molar-refractivity contribution in [3.8, 4) is 23.0 Å². The molecule has 10 heteroatoms. The monoisotopic (exact) mass is 494 g/mol. The zero-order chi connectivity index (χ0) is 25.3. The number of rotatable bonds is 13. The lowest BCUT2D eigenvalue weighted by atomic mass is 10.1. The summed E-state index contributed by atoms with van der Waals surface area (Å²) in [6, 6.07) is 8.07. The number of aryl methyl sites for hydroxylation is 1. The van der Waals surface area contributed by atoms with Crippen LogP contribution in [-0.4, -0.2) is 59.7 Å². The Morgan fingerprint density at radius 1 is 0.912 bits per heavy atom. The van der Waals surface area contributed by atoms with Crippen molar-refractivity contribution >= 4 is 21.6 Å². The van der Waals surface area contributed by atoms with E-state index in [1.54, 1.807) is 32.0 Å². The fourth-order valence-electron chi connectivity index (χ4n) is 3.51. The molecule has 0 radical (unpaired) electrons. The minimum Gasteiger partial charge on any atom is -0.493 e.